The second-order valence-electron chi connectivity index (χ2n) is 4.23. The fourth-order valence-corrected chi connectivity index (χ4v) is 1.39. The van der Waals surface area contributed by atoms with E-state index in [0.717, 1.165) is 4.90 Å². The Morgan fingerprint density at radius 3 is 2.44 bits per heavy atom. The molecule has 16 heavy (non-hydrogen) atoms. The quantitative estimate of drug-likeness (QED) is 0.721. The SMILES string of the molecule is CC(C)C(=O)NC1CC(=O)N(C)C(=O)N1C. The zero-order valence-corrected chi connectivity index (χ0v) is 9.98. The molecule has 1 unspecified atom stereocenters. The topological polar surface area (TPSA) is 69.7 Å². The number of nitrogens with zero attached hydrogens (tertiary/aromatic N) is 2. The van der Waals surface area contributed by atoms with E-state index in [1.807, 2.05) is 0 Å². The molecule has 1 aliphatic heterocycles. The largest absolute Gasteiger partial charge is 0.335 e. The standard InChI is InChI=1S/C10H17N3O3/c1-6(2)9(15)11-7-5-8(14)13(4)10(16)12(7)3/h6-7H,5H2,1-4H3,(H,11,15). The van der Waals surface area contributed by atoms with Crippen molar-refractivity contribution in [3.63, 3.8) is 0 Å². The van der Waals surface area contributed by atoms with Gasteiger partial charge >= 0.3 is 6.03 Å². The van der Waals surface area contributed by atoms with E-state index in [-0.39, 0.29) is 24.2 Å². The summed E-state index contributed by atoms with van der Waals surface area (Å²) in [7, 11) is 3.00. The first kappa shape index (κ1) is 12.5. The molecular weight excluding hydrogens is 210 g/mol. The molecule has 1 heterocycles. The minimum absolute atomic E-state index is 0.122. The zero-order valence-electron chi connectivity index (χ0n) is 9.98. The number of hydrogen-bond donors (Lipinski definition) is 1. The third kappa shape index (κ3) is 2.32. The van der Waals surface area contributed by atoms with E-state index in [4.69, 9.17) is 0 Å². The van der Waals surface area contributed by atoms with Crippen molar-refractivity contribution in [1.29, 1.82) is 0 Å². The van der Waals surface area contributed by atoms with Gasteiger partial charge in [0, 0.05) is 20.0 Å². The lowest BCUT2D eigenvalue weighted by Crippen LogP contribution is -2.60. The molecule has 1 N–H and O–H groups in total. The fourth-order valence-electron chi connectivity index (χ4n) is 1.39. The maximum Gasteiger partial charge on any atom is 0.327 e. The summed E-state index contributed by atoms with van der Waals surface area (Å²) in [5, 5.41) is 2.67. The van der Waals surface area contributed by atoms with Crippen LogP contribution in [0.4, 0.5) is 4.79 Å². The molecule has 0 aromatic heterocycles. The third-order valence-corrected chi connectivity index (χ3v) is 2.63. The van der Waals surface area contributed by atoms with Gasteiger partial charge in [-0.25, -0.2) is 4.79 Å². The van der Waals surface area contributed by atoms with E-state index < -0.39 is 12.2 Å². The Bertz CT molecular complexity index is 327. The molecule has 1 saturated heterocycles. The van der Waals surface area contributed by atoms with Gasteiger partial charge in [-0.15, -0.1) is 0 Å². The molecule has 0 spiro atoms. The summed E-state index contributed by atoms with van der Waals surface area (Å²) in [5.41, 5.74) is 0. The summed E-state index contributed by atoms with van der Waals surface area (Å²) in [6, 6.07) is -0.398. The van der Waals surface area contributed by atoms with E-state index in [2.05, 4.69) is 5.32 Å². The van der Waals surface area contributed by atoms with Gasteiger partial charge < -0.3 is 10.2 Å². The van der Waals surface area contributed by atoms with E-state index >= 15 is 0 Å². The number of imide groups is 1. The molecule has 1 aliphatic rings. The van der Waals surface area contributed by atoms with Gasteiger partial charge in [-0.05, 0) is 0 Å². The number of hydrogen-bond acceptors (Lipinski definition) is 3. The lowest BCUT2D eigenvalue weighted by molar-refractivity contribution is -0.133. The minimum Gasteiger partial charge on any atom is -0.335 e. The predicted molar refractivity (Wildman–Crippen MR) is 57.3 cm³/mol. The van der Waals surface area contributed by atoms with Crippen molar-refractivity contribution in [2.24, 2.45) is 5.92 Å². The lowest BCUT2D eigenvalue weighted by Gasteiger charge is -2.36. The number of urea groups is 1. The molecular formula is C10H17N3O3. The Labute approximate surface area is 94.6 Å². The van der Waals surface area contributed by atoms with Crippen molar-refractivity contribution < 1.29 is 14.4 Å². The molecule has 0 saturated carbocycles. The van der Waals surface area contributed by atoms with E-state index in [9.17, 15) is 14.4 Å². The van der Waals surface area contributed by atoms with Gasteiger partial charge in [0.05, 0.1) is 6.42 Å². The van der Waals surface area contributed by atoms with Crippen molar-refractivity contribution in [2.45, 2.75) is 26.4 Å². The molecule has 6 nitrogen and oxygen atoms in total. The Hall–Kier alpha value is -1.59. The minimum atomic E-state index is -0.536. The van der Waals surface area contributed by atoms with Crippen LogP contribution in [0.2, 0.25) is 0 Å². The first-order valence-electron chi connectivity index (χ1n) is 5.18. The van der Waals surface area contributed by atoms with Crippen LogP contribution in [0.15, 0.2) is 0 Å². The molecule has 0 aromatic rings. The van der Waals surface area contributed by atoms with Crippen molar-refractivity contribution in [1.82, 2.24) is 15.1 Å². The third-order valence-electron chi connectivity index (χ3n) is 2.63. The number of carbonyl (C=O) groups excluding carboxylic acids is 3. The molecule has 1 atom stereocenters. The Morgan fingerprint density at radius 2 is 1.94 bits per heavy atom. The number of rotatable bonds is 2. The molecule has 1 fully saturated rings. The molecule has 1 rings (SSSR count). The monoisotopic (exact) mass is 227 g/mol. The predicted octanol–water partition coefficient (Wildman–Crippen LogP) is -0.00140. The van der Waals surface area contributed by atoms with Crippen LogP contribution < -0.4 is 5.32 Å². The van der Waals surface area contributed by atoms with E-state index in [1.165, 1.54) is 11.9 Å². The van der Waals surface area contributed by atoms with Crippen molar-refractivity contribution in [2.75, 3.05) is 14.1 Å². The van der Waals surface area contributed by atoms with Gasteiger partial charge in [0.25, 0.3) is 0 Å². The van der Waals surface area contributed by atoms with Crippen LogP contribution in [-0.2, 0) is 9.59 Å². The Balaban J connectivity index is 2.71. The fraction of sp³-hybridized carbons (Fsp3) is 0.700. The van der Waals surface area contributed by atoms with Crippen LogP contribution in [0.25, 0.3) is 0 Å². The van der Waals surface area contributed by atoms with Crippen LogP contribution >= 0.6 is 0 Å². The highest BCUT2D eigenvalue weighted by Gasteiger charge is 2.35. The van der Waals surface area contributed by atoms with E-state index in [1.54, 1.807) is 20.9 Å². The van der Waals surface area contributed by atoms with Gasteiger partial charge in [0.1, 0.15) is 6.17 Å². The highest BCUT2D eigenvalue weighted by atomic mass is 16.2. The normalized spacial score (nSPS) is 21.7. The van der Waals surface area contributed by atoms with Gasteiger partial charge in [0.2, 0.25) is 11.8 Å². The summed E-state index contributed by atoms with van der Waals surface area (Å²) < 4.78 is 0. The second-order valence-corrected chi connectivity index (χ2v) is 4.23. The van der Waals surface area contributed by atoms with E-state index in [0.29, 0.717) is 0 Å². The molecule has 6 heteroatoms. The first-order valence-corrected chi connectivity index (χ1v) is 5.18. The highest BCUT2D eigenvalue weighted by molar-refractivity contribution is 5.97. The molecule has 0 radical (unpaired) electrons. The van der Waals surface area contributed by atoms with Crippen molar-refractivity contribution in [3.8, 4) is 0 Å². The van der Waals surface area contributed by atoms with Gasteiger partial charge in [-0.3, -0.25) is 14.5 Å². The van der Waals surface area contributed by atoms with Gasteiger partial charge in [0.15, 0.2) is 0 Å². The van der Waals surface area contributed by atoms with Crippen LogP contribution in [-0.4, -0.2) is 47.9 Å². The summed E-state index contributed by atoms with van der Waals surface area (Å²) in [6.45, 7) is 3.52. The summed E-state index contributed by atoms with van der Waals surface area (Å²) >= 11 is 0. The van der Waals surface area contributed by atoms with Crippen LogP contribution in [0.5, 0.6) is 0 Å². The number of nitrogens with one attached hydrogen (secondary N) is 1. The molecule has 4 amide bonds. The Morgan fingerprint density at radius 1 is 1.38 bits per heavy atom. The smallest absolute Gasteiger partial charge is 0.327 e. The van der Waals surface area contributed by atoms with Crippen LogP contribution in [0, 0.1) is 5.92 Å². The van der Waals surface area contributed by atoms with Crippen molar-refractivity contribution in [3.05, 3.63) is 0 Å². The molecule has 0 aliphatic carbocycles. The summed E-state index contributed by atoms with van der Waals surface area (Å²) in [5.74, 6) is -0.614. The second kappa shape index (κ2) is 4.51. The number of amides is 4. The lowest BCUT2D eigenvalue weighted by atomic mass is 10.1. The molecule has 0 bridgehead atoms. The maximum absolute atomic E-state index is 11.6. The van der Waals surface area contributed by atoms with Gasteiger partial charge in [-0.2, -0.15) is 0 Å². The average Bonchev–Trinajstić information content (AvgIpc) is 2.22. The van der Waals surface area contributed by atoms with Gasteiger partial charge in [-0.1, -0.05) is 13.8 Å². The zero-order chi connectivity index (χ0) is 12.5. The maximum atomic E-state index is 11.6. The van der Waals surface area contributed by atoms with Crippen molar-refractivity contribution >= 4 is 17.8 Å². The molecule has 90 valence electrons. The van der Waals surface area contributed by atoms with Crippen LogP contribution in [0.1, 0.15) is 20.3 Å². The van der Waals surface area contributed by atoms with Crippen LogP contribution in [0.3, 0.4) is 0 Å². The Kier molecular flexibility index (Phi) is 3.51. The summed E-state index contributed by atoms with van der Waals surface area (Å²) in [4.78, 5) is 36.9. The first-order chi connectivity index (χ1) is 7.34. The molecule has 0 aromatic carbocycles. The summed E-state index contributed by atoms with van der Waals surface area (Å²) in [6.07, 6.45) is -0.414. The highest BCUT2D eigenvalue weighted by Crippen LogP contribution is 2.12. The number of carbonyl (C=O) groups is 3. The average molecular weight is 227 g/mol.